The van der Waals surface area contributed by atoms with E-state index in [0.29, 0.717) is 11.1 Å². The Morgan fingerprint density at radius 3 is 2.25 bits per heavy atom. The topological polar surface area (TPSA) is 104 Å². The van der Waals surface area contributed by atoms with E-state index in [1.165, 1.54) is 31.2 Å². The molecule has 0 fully saturated rings. The molecule has 0 amide bonds. The molecule has 2 atom stereocenters. The molecule has 1 rings (SSSR count). The standard InChI is InChI=1S/C10H12N2O3S/c1-7(16(12,14)15)10(13)9-4-2-8(6-11)3-5-9/h2-5,7,10,13H,1H3,(H2,12,14,15)/t7-,10-/m1/s1. The van der Waals surface area contributed by atoms with Crippen LogP contribution in [0.15, 0.2) is 24.3 Å². The van der Waals surface area contributed by atoms with Gasteiger partial charge >= 0.3 is 0 Å². The quantitative estimate of drug-likeness (QED) is 0.791. The Morgan fingerprint density at radius 2 is 1.88 bits per heavy atom. The van der Waals surface area contributed by atoms with Gasteiger partial charge in [-0.2, -0.15) is 5.26 Å². The van der Waals surface area contributed by atoms with Crippen molar-refractivity contribution in [2.24, 2.45) is 5.14 Å². The van der Waals surface area contributed by atoms with E-state index in [0.717, 1.165) is 0 Å². The van der Waals surface area contributed by atoms with Gasteiger partial charge in [0.05, 0.1) is 17.7 Å². The highest BCUT2D eigenvalue weighted by Crippen LogP contribution is 2.20. The summed E-state index contributed by atoms with van der Waals surface area (Å²) in [6, 6.07) is 7.95. The molecule has 0 spiro atoms. The molecule has 0 radical (unpaired) electrons. The van der Waals surface area contributed by atoms with Crippen molar-refractivity contribution >= 4 is 10.0 Å². The number of aliphatic hydroxyl groups excluding tert-OH is 1. The number of hydrogen-bond acceptors (Lipinski definition) is 4. The molecule has 86 valence electrons. The maximum absolute atomic E-state index is 11.0. The van der Waals surface area contributed by atoms with E-state index in [1.807, 2.05) is 6.07 Å². The molecular formula is C10H12N2O3S. The molecule has 1 aromatic carbocycles. The molecular weight excluding hydrogens is 228 g/mol. The Bertz CT molecular complexity index is 502. The number of nitrogens with two attached hydrogens (primary N) is 1. The van der Waals surface area contributed by atoms with Crippen molar-refractivity contribution in [2.75, 3.05) is 0 Å². The summed E-state index contributed by atoms with van der Waals surface area (Å²) in [5.41, 5.74) is 0.861. The smallest absolute Gasteiger partial charge is 0.214 e. The van der Waals surface area contributed by atoms with Crippen molar-refractivity contribution in [3.63, 3.8) is 0 Å². The fourth-order valence-electron chi connectivity index (χ4n) is 1.21. The largest absolute Gasteiger partial charge is 0.387 e. The molecule has 0 unspecified atom stereocenters. The molecule has 3 N–H and O–H groups in total. The second kappa shape index (κ2) is 4.61. The molecule has 0 saturated heterocycles. The first-order valence-electron chi connectivity index (χ1n) is 4.56. The normalized spacial score (nSPS) is 15.1. The third kappa shape index (κ3) is 2.79. The van der Waals surface area contributed by atoms with Crippen molar-refractivity contribution < 1.29 is 13.5 Å². The lowest BCUT2D eigenvalue weighted by Crippen LogP contribution is -2.31. The van der Waals surface area contributed by atoms with E-state index in [9.17, 15) is 13.5 Å². The summed E-state index contributed by atoms with van der Waals surface area (Å²) in [5, 5.41) is 22.2. The number of hydrogen-bond donors (Lipinski definition) is 2. The highest BCUT2D eigenvalue weighted by Gasteiger charge is 2.25. The Labute approximate surface area is 94.2 Å². The molecule has 6 heteroatoms. The lowest BCUT2D eigenvalue weighted by atomic mass is 10.1. The summed E-state index contributed by atoms with van der Waals surface area (Å²) in [4.78, 5) is 0. The molecule has 0 saturated carbocycles. The predicted molar refractivity (Wildman–Crippen MR) is 58.7 cm³/mol. The van der Waals surface area contributed by atoms with Gasteiger partial charge in [-0.15, -0.1) is 0 Å². The zero-order valence-electron chi connectivity index (χ0n) is 8.66. The van der Waals surface area contributed by atoms with Crippen molar-refractivity contribution in [3.05, 3.63) is 35.4 Å². The van der Waals surface area contributed by atoms with Gasteiger partial charge in [-0.1, -0.05) is 12.1 Å². The number of aliphatic hydroxyl groups is 1. The number of sulfonamides is 1. The van der Waals surface area contributed by atoms with E-state index in [-0.39, 0.29) is 0 Å². The van der Waals surface area contributed by atoms with Crippen LogP contribution in [0, 0.1) is 11.3 Å². The fourth-order valence-corrected chi connectivity index (χ4v) is 1.72. The van der Waals surface area contributed by atoms with Gasteiger partial charge in [0.1, 0.15) is 5.25 Å². The zero-order chi connectivity index (χ0) is 12.3. The average molecular weight is 240 g/mol. The van der Waals surface area contributed by atoms with Gasteiger partial charge in [0.2, 0.25) is 10.0 Å². The Balaban J connectivity index is 2.98. The van der Waals surface area contributed by atoms with Crippen LogP contribution in [0.4, 0.5) is 0 Å². The van der Waals surface area contributed by atoms with Crippen LogP contribution < -0.4 is 5.14 Å². The molecule has 16 heavy (non-hydrogen) atoms. The minimum Gasteiger partial charge on any atom is -0.387 e. The van der Waals surface area contributed by atoms with Crippen LogP contribution in [0.2, 0.25) is 0 Å². The summed E-state index contributed by atoms with van der Waals surface area (Å²) in [5.74, 6) is 0. The number of benzene rings is 1. The predicted octanol–water partition coefficient (Wildman–Crippen LogP) is 0.269. The molecule has 0 aliphatic rings. The second-order valence-electron chi connectivity index (χ2n) is 3.47. The molecule has 1 aromatic rings. The van der Waals surface area contributed by atoms with Crippen LogP contribution in [0.1, 0.15) is 24.2 Å². The maximum Gasteiger partial charge on any atom is 0.214 e. The van der Waals surface area contributed by atoms with Crippen molar-refractivity contribution in [1.82, 2.24) is 0 Å². The monoisotopic (exact) mass is 240 g/mol. The highest BCUT2D eigenvalue weighted by molar-refractivity contribution is 7.89. The van der Waals surface area contributed by atoms with Gasteiger partial charge < -0.3 is 5.11 Å². The first kappa shape index (κ1) is 12.6. The van der Waals surface area contributed by atoms with Gasteiger partial charge in [-0.05, 0) is 24.6 Å². The van der Waals surface area contributed by atoms with Crippen LogP contribution in [0.5, 0.6) is 0 Å². The van der Waals surface area contributed by atoms with Crippen LogP contribution >= 0.6 is 0 Å². The average Bonchev–Trinajstić information content (AvgIpc) is 2.26. The third-order valence-electron chi connectivity index (χ3n) is 2.34. The maximum atomic E-state index is 11.0. The van der Waals surface area contributed by atoms with Crippen molar-refractivity contribution in [3.8, 4) is 6.07 Å². The molecule has 0 aromatic heterocycles. The Kier molecular flexibility index (Phi) is 3.65. The first-order valence-corrected chi connectivity index (χ1v) is 6.17. The van der Waals surface area contributed by atoms with Gasteiger partial charge in [0.15, 0.2) is 0 Å². The molecule has 0 aliphatic heterocycles. The highest BCUT2D eigenvalue weighted by atomic mass is 32.2. The minimum absolute atomic E-state index is 0.417. The molecule has 0 bridgehead atoms. The second-order valence-corrected chi connectivity index (χ2v) is 5.39. The summed E-state index contributed by atoms with van der Waals surface area (Å²) in [6.45, 7) is 1.33. The summed E-state index contributed by atoms with van der Waals surface area (Å²) >= 11 is 0. The number of nitrogens with zero attached hydrogens (tertiary/aromatic N) is 1. The fraction of sp³-hybridized carbons (Fsp3) is 0.300. The summed E-state index contributed by atoms with van der Waals surface area (Å²) in [7, 11) is -3.78. The van der Waals surface area contributed by atoms with E-state index >= 15 is 0 Å². The van der Waals surface area contributed by atoms with Crippen molar-refractivity contribution in [2.45, 2.75) is 18.3 Å². The van der Waals surface area contributed by atoms with E-state index in [2.05, 4.69) is 0 Å². The summed E-state index contributed by atoms with van der Waals surface area (Å²) < 4.78 is 22.1. The van der Waals surface area contributed by atoms with Crippen LogP contribution in [0.25, 0.3) is 0 Å². The number of primary sulfonamides is 1. The summed E-state index contributed by atoms with van der Waals surface area (Å²) in [6.07, 6.45) is -1.19. The van der Waals surface area contributed by atoms with E-state index < -0.39 is 21.4 Å². The molecule has 0 heterocycles. The first-order chi connectivity index (χ1) is 7.36. The third-order valence-corrected chi connectivity index (χ3v) is 3.64. The van der Waals surface area contributed by atoms with Crippen molar-refractivity contribution in [1.29, 1.82) is 5.26 Å². The Morgan fingerprint density at radius 1 is 1.38 bits per heavy atom. The van der Waals surface area contributed by atoms with E-state index in [4.69, 9.17) is 10.4 Å². The van der Waals surface area contributed by atoms with E-state index in [1.54, 1.807) is 0 Å². The molecule has 5 nitrogen and oxygen atoms in total. The van der Waals surface area contributed by atoms with Crippen LogP contribution in [0.3, 0.4) is 0 Å². The number of rotatable bonds is 3. The van der Waals surface area contributed by atoms with Crippen LogP contribution in [-0.4, -0.2) is 18.8 Å². The van der Waals surface area contributed by atoms with Gasteiger partial charge in [-0.25, -0.2) is 13.6 Å². The molecule has 0 aliphatic carbocycles. The van der Waals surface area contributed by atoms with Crippen LogP contribution in [-0.2, 0) is 10.0 Å². The van der Waals surface area contributed by atoms with Gasteiger partial charge in [0.25, 0.3) is 0 Å². The zero-order valence-corrected chi connectivity index (χ0v) is 9.48. The minimum atomic E-state index is -3.78. The van der Waals surface area contributed by atoms with Gasteiger partial charge in [-0.3, -0.25) is 0 Å². The van der Waals surface area contributed by atoms with Gasteiger partial charge in [0, 0.05) is 0 Å². The lowest BCUT2D eigenvalue weighted by molar-refractivity contribution is 0.176. The SMILES string of the molecule is C[C@H]([C@@H](O)c1ccc(C#N)cc1)S(N)(=O)=O. The Hall–Kier alpha value is -1.42. The number of nitriles is 1. The lowest BCUT2D eigenvalue weighted by Gasteiger charge is -2.16.